The first kappa shape index (κ1) is 14.0. The van der Waals surface area contributed by atoms with Crippen LogP contribution in [0.15, 0.2) is 12.1 Å². The molecule has 3 nitrogen and oxygen atoms in total. The van der Waals surface area contributed by atoms with E-state index in [0.717, 1.165) is 22.4 Å². The molecule has 0 bridgehead atoms. The van der Waals surface area contributed by atoms with E-state index < -0.39 is 5.60 Å². The first-order valence-corrected chi connectivity index (χ1v) is 5.95. The number of nitrogens with two attached hydrogens (primary N) is 1. The Morgan fingerprint density at radius 1 is 1.41 bits per heavy atom. The van der Waals surface area contributed by atoms with Crippen molar-refractivity contribution >= 4 is 0 Å². The van der Waals surface area contributed by atoms with Crippen LogP contribution in [0.4, 0.5) is 0 Å². The number of benzene rings is 1. The molecule has 0 aliphatic rings. The van der Waals surface area contributed by atoms with E-state index in [0.29, 0.717) is 5.92 Å². The van der Waals surface area contributed by atoms with Gasteiger partial charge in [-0.1, -0.05) is 13.8 Å². The van der Waals surface area contributed by atoms with Crippen LogP contribution in [0.2, 0.25) is 0 Å². The van der Waals surface area contributed by atoms with Crippen LogP contribution >= 0.6 is 0 Å². The molecule has 0 aliphatic carbocycles. The number of aliphatic hydroxyl groups is 1. The Kier molecular flexibility index (Phi) is 4.17. The second-order valence-electron chi connectivity index (χ2n) is 5.04. The van der Waals surface area contributed by atoms with Crippen molar-refractivity contribution in [3.05, 3.63) is 28.8 Å². The largest absolute Gasteiger partial charge is 0.496 e. The molecule has 0 radical (unpaired) electrons. The van der Waals surface area contributed by atoms with Gasteiger partial charge in [0.1, 0.15) is 5.75 Å². The summed E-state index contributed by atoms with van der Waals surface area (Å²) in [7, 11) is 1.67. The van der Waals surface area contributed by atoms with Crippen LogP contribution in [-0.4, -0.2) is 18.8 Å². The summed E-state index contributed by atoms with van der Waals surface area (Å²) < 4.78 is 5.38. The minimum absolute atomic E-state index is 0.206. The highest BCUT2D eigenvalue weighted by Gasteiger charge is 2.25. The Balaban J connectivity index is 3.39. The molecule has 0 saturated carbocycles. The smallest absolute Gasteiger partial charge is 0.122 e. The van der Waals surface area contributed by atoms with Crippen LogP contribution in [0, 0.1) is 6.92 Å². The predicted octanol–water partition coefficient (Wildman–Crippen LogP) is 2.29. The van der Waals surface area contributed by atoms with Crippen molar-refractivity contribution in [2.24, 2.45) is 5.73 Å². The molecule has 0 spiro atoms. The normalized spacial score (nSPS) is 14.8. The molecule has 17 heavy (non-hydrogen) atoms. The molecule has 0 aliphatic heterocycles. The molecule has 1 unspecified atom stereocenters. The minimum Gasteiger partial charge on any atom is -0.496 e. The highest BCUT2D eigenvalue weighted by atomic mass is 16.5. The van der Waals surface area contributed by atoms with Crippen LogP contribution in [0.1, 0.15) is 43.4 Å². The second kappa shape index (κ2) is 5.07. The zero-order valence-corrected chi connectivity index (χ0v) is 11.4. The highest BCUT2D eigenvalue weighted by molar-refractivity contribution is 5.46. The van der Waals surface area contributed by atoms with E-state index in [1.165, 1.54) is 0 Å². The maximum atomic E-state index is 10.3. The Morgan fingerprint density at radius 2 is 2.00 bits per heavy atom. The minimum atomic E-state index is -0.986. The summed E-state index contributed by atoms with van der Waals surface area (Å²) in [6.07, 6.45) is 0. The van der Waals surface area contributed by atoms with E-state index in [9.17, 15) is 5.11 Å². The zero-order chi connectivity index (χ0) is 13.2. The Bertz CT molecular complexity index is 397. The maximum absolute atomic E-state index is 10.3. The monoisotopic (exact) mass is 237 g/mol. The number of hydrogen-bond acceptors (Lipinski definition) is 3. The summed E-state index contributed by atoms with van der Waals surface area (Å²) in [5, 5.41) is 10.3. The van der Waals surface area contributed by atoms with Crippen LogP contribution in [0.25, 0.3) is 0 Å². The quantitative estimate of drug-likeness (QED) is 0.844. The number of hydrogen-bond donors (Lipinski definition) is 2. The first-order valence-electron chi connectivity index (χ1n) is 5.95. The summed E-state index contributed by atoms with van der Waals surface area (Å²) in [5.41, 5.74) is 7.62. The second-order valence-corrected chi connectivity index (χ2v) is 5.04. The Hall–Kier alpha value is -1.06. The molecule has 0 saturated heterocycles. The Morgan fingerprint density at radius 3 is 2.41 bits per heavy atom. The zero-order valence-electron chi connectivity index (χ0n) is 11.4. The highest BCUT2D eigenvalue weighted by Crippen LogP contribution is 2.33. The number of aryl methyl sites for hydroxylation is 1. The van der Waals surface area contributed by atoms with Gasteiger partial charge in [-0.05, 0) is 48.6 Å². The molecule has 1 rings (SSSR count). The van der Waals surface area contributed by atoms with Crippen LogP contribution < -0.4 is 10.5 Å². The van der Waals surface area contributed by atoms with Gasteiger partial charge in [0.05, 0.1) is 12.7 Å². The van der Waals surface area contributed by atoms with Crippen molar-refractivity contribution in [3.63, 3.8) is 0 Å². The standard InChI is InChI=1S/C14H23NO2/c1-9(2)11-7-12(14(4,16)8-15)10(3)6-13(11)17-5/h6-7,9,16H,8,15H2,1-5H3. The fourth-order valence-electron chi connectivity index (χ4n) is 2.02. The predicted molar refractivity (Wildman–Crippen MR) is 70.4 cm³/mol. The summed E-state index contributed by atoms with van der Waals surface area (Å²) in [6, 6.07) is 3.97. The van der Waals surface area contributed by atoms with Gasteiger partial charge in [-0.25, -0.2) is 0 Å². The molecule has 1 aromatic carbocycles. The lowest BCUT2D eigenvalue weighted by Crippen LogP contribution is -2.32. The van der Waals surface area contributed by atoms with E-state index in [4.69, 9.17) is 10.5 Å². The number of rotatable bonds is 4. The first-order chi connectivity index (χ1) is 7.83. The van der Waals surface area contributed by atoms with Gasteiger partial charge in [0.2, 0.25) is 0 Å². The van der Waals surface area contributed by atoms with E-state index in [1.54, 1.807) is 14.0 Å². The van der Waals surface area contributed by atoms with Gasteiger partial charge >= 0.3 is 0 Å². The van der Waals surface area contributed by atoms with Gasteiger partial charge in [0.25, 0.3) is 0 Å². The topological polar surface area (TPSA) is 55.5 Å². The van der Waals surface area contributed by atoms with Crippen molar-refractivity contribution in [2.45, 2.75) is 39.2 Å². The lowest BCUT2D eigenvalue weighted by atomic mass is 9.87. The third kappa shape index (κ3) is 2.79. The van der Waals surface area contributed by atoms with E-state index in [-0.39, 0.29) is 6.54 Å². The molecule has 1 aromatic rings. The van der Waals surface area contributed by atoms with Crippen molar-refractivity contribution in [3.8, 4) is 5.75 Å². The fourth-order valence-corrected chi connectivity index (χ4v) is 2.02. The average molecular weight is 237 g/mol. The van der Waals surface area contributed by atoms with Crippen LogP contribution in [-0.2, 0) is 5.60 Å². The van der Waals surface area contributed by atoms with Crippen molar-refractivity contribution in [1.29, 1.82) is 0 Å². The molecule has 0 heterocycles. The van der Waals surface area contributed by atoms with Crippen LogP contribution in [0.3, 0.4) is 0 Å². The molecule has 96 valence electrons. The third-order valence-electron chi connectivity index (χ3n) is 3.18. The van der Waals surface area contributed by atoms with Gasteiger partial charge in [0.15, 0.2) is 0 Å². The lowest BCUT2D eigenvalue weighted by Gasteiger charge is -2.26. The van der Waals surface area contributed by atoms with Gasteiger partial charge in [-0.2, -0.15) is 0 Å². The van der Waals surface area contributed by atoms with Gasteiger partial charge in [-0.3, -0.25) is 0 Å². The molecular formula is C14H23NO2. The van der Waals surface area contributed by atoms with E-state index in [1.807, 2.05) is 19.1 Å². The van der Waals surface area contributed by atoms with Crippen molar-refractivity contribution < 1.29 is 9.84 Å². The molecule has 3 N–H and O–H groups in total. The summed E-state index contributed by atoms with van der Waals surface area (Å²) in [5.74, 6) is 1.21. The molecule has 1 atom stereocenters. The van der Waals surface area contributed by atoms with Gasteiger partial charge < -0.3 is 15.6 Å². The fraction of sp³-hybridized carbons (Fsp3) is 0.571. The Labute approximate surface area is 104 Å². The molecule has 0 fully saturated rings. The molecule has 0 aromatic heterocycles. The van der Waals surface area contributed by atoms with E-state index in [2.05, 4.69) is 13.8 Å². The van der Waals surface area contributed by atoms with Crippen molar-refractivity contribution in [2.75, 3.05) is 13.7 Å². The molecular weight excluding hydrogens is 214 g/mol. The summed E-state index contributed by atoms with van der Waals surface area (Å²) >= 11 is 0. The molecule has 3 heteroatoms. The maximum Gasteiger partial charge on any atom is 0.122 e. The third-order valence-corrected chi connectivity index (χ3v) is 3.18. The van der Waals surface area contributed by atoms with Gasteiger partial charge in [-0.15, -0.1) is 0 Å². The van der Waals surface area contributed by atoms with Crippen LogP contribution in [0.5, 0.6) is 5.75 Å². The summed E-state index contributed by atoms with van der Waals surface area (Å²) in [6.45, 7) is 8.12. The number of ether oxygens (including phenoxy) is 1. The van der Waals surface area contributed by atoms with Crippen molar-refractivity contribution in [1.82, 2.24) is 0 Å². The SMILES string of the molecule is COc1cc(C)c(C(C)(O)CN)cc1C(C)C. The van der Waals surface area contributed by atoms with E-state index >= 15 is 0 Å². The number of methoxy groups -OCH3 is 1. The lowest BCUT2D eigenvalue weighted by molar-refractivity contribution is 0.0660. The summed E-state index contributed by atoms with van der Waals surface area (Å²) in [4.78, 5) is 0. The average Bonchev–Trinajstić information content (AvgIpc) is 2.27. The molecule has 0 amide bonds. The van der Waals surface area contributed by atoms with Gasteiger partial charge in [0, 0.05) is 6.54 Å².